The van der Waals surface area contributed by atoms with E-state index in [-0.39, 0.29) is 0 Å². The van der Waals surface area contributed by atoms with Gasteiger partial charge in [0, 0.05) is 16.5 Å². The van der Waals surface area contributed by atoms with Crippen LogP contribution in [0.25, 0.3) is 0 Å². The molecule has 3 rings (SSSR count). The van der Waals surface area contributed by atoms with Gasteiger partial charge in [-0.2, -0.15) is 0 Å². The summed E-state index contributed by atoms with van der Waals surface area (Å²) in [4.78, 5) is 37.0. The molecular weight excluding hydrogens is 392 g/mol. The lowest BCUT2D eigenvalue weighted by molar-refractivity contribution is -0.488. The van der Waals surface area contributed by atoms with Gasteiger partial charge < -0.3 is 5.32 Å². The van der Waals surface area contributed by atoms with Crippen LogP contribution in [-0.2, 0) is 16.0 Å². The van der Waals surface area contributed by atoms with Gasteiger partial charge in [-0.05, 0) is 36.1 Å². The monoisotopic (exact) mass is 416 g/mol. The van der Waals surface area contributed by atoms with Crippen molar-refractivity contribution < 1.29 is 14.5 Å². The number of carbonyl (C=O) groups excluding carboxylic acids is 2. The van der Waals surface area contributed by atoms with Gasteiger partial charge in [-0.1, -0.05) is 78.9 Å². The summed E-state index contributed by atoms with van der Waals surface area (Å²) in [5.41, 5.74) is 2.14. The number of nitrogens with one attached hydrogen (secondary N) is 1. The van der Waals surface area contributed by atoms with Crippen molar-refractivity contribution in [2.24, 2.45) is 5.92 Å². The highest BCUT2D eigenvalue weighted by Gasteiger charge is 2.36. The van der Waals surface area contributed by atoms with Crippen molar-refractivity contribution in [3.8, 4) is 0 Å². The van der Waals surface area contributed by atoms with Gasteiger partial charge in [0.2, 0.25) is 12.3 Å². The molecule has 158 valence electrons. The van der Waals surface area contributed by atoms with Crippen molar-refractivity contribution in [1.82, 2.24) is 0 Å². The molecule has 3 aromatic carbocycles. The molecule has 0 aliphatic carbocycles. The molecular formula is C25H24N2O4. The van der Waals surface area contributed by atoms with Crippen LogP contribution in [0.5, 0.6) is 0 Å². The van der Waals surface area contributed by atoms with Crippen LogP contribution in [0, 0.1) is 16.0 Å². The van der Waals surface area contributed by atoms with E-state index in [9.17, 15) is 19.7 Å². The Balaban J connectivity index is 1.87. The summed E-state index contributed by atoms with van der Waals surface area (Å²) >= 11 is 0. The number of rotatable bonds is 10. The number of anilines is 1. The number of benzene rings is 3. The van der Waals surface area contributed by atoms with Crippen molar-refractivity contribution in [1.29, 1.82) is 0 Å². The van der Waals surface area contributed by atoms with Crippen LogP contribution in [0.15, 0.2) is 91.0 Å². The van der Waals surface area contributed by atoms with Gasteiger partial charge in [-0.3, -0.25) is 19.7 Å². The average Bonchev–Trinajstić information content (AvgIpc) is 2.79. The summed E-state index contributed by atoms with van der Waals surface area (Å²) < 4.78 is 0. The van der Waals surface area contributed by atoms with Crippen LogP contribution in [0.1, 0.15) is 23.5 Å². The second-order valence-electron chi connectivity index (χ2n) is 7.37. The predicted molar refractivity (Wildman–Crippen MR) is 119 cm³/mol. The molecule has 0 radical (unpaired) electrons. The Kier molecular flexibility index (Phi) is 7.65. The Labute approximate surface area is 181 Å². The lowest BCUT2D eigenvalue weighted by atomic mass is 9.79. The molecule has 1 N–H and O–H groups in total. The van der Waals surface area contributed by atoms with E-state index in [0.29, 0.717) is 24.1 Å². The molecule has 0 aliphatic heterocycles. The first kappa shape index (κ1) is 21.9. The number of amides is 1. The quantitative estimate of drug-likeness (QED) is 0.299. The Morgan fingerprint density at radius 1 is 0.839 bits per heavy atom. The molecule has 0 unspecified atom stereocenters. The molecule has 6 heteroatoms. The van der Waals surface area contributed by atoms with Crippen molar-refractivity contribution >= 4 is 17.4 Å². The Bertz CT molecular complexity index is 1010. The highest BCUT2D eigenvalue weighted by Crippen LogP contribution is 2.30. The molecule has 31 heavy (non-hydrogen) atoms. The summed E-state index contributed by atoms with van der Waals surface area (Å²) in [6.07, 6.45) is 0.991. The van der Waals surface area contributed by atoms with Gasteiger partial charge in [-0.25, -0.2) is 0 Å². The van der Waals surface area contributed by atoms with Gasteiger partial charge in [-0.15, -0.1) is 0 Å². The Morgan fingerprint density at radius 3 is 1.97 bits per heavy atom. The molecule has 0 spiro atoms. The minimum atomic E-state index is -0.904. The minimum absolute atomic E-state index is 0.392. The number of Topliss-reactive ketones (excluding diaryl/α,β-unsaturated/α-hetero) is 1. The minimum Gasteiger partial charge on any atom is -0.319 e. The van der Waals surface area contributed by atoms with Crippen LogP contribution < -0.4 is 5.32 Å². The maximum absolute atomic E-state index is 13.2. The van der Waals surface area contributed by atoms with E-state index in [0.717, 1.165) is 5.56 Å². The van der Waals surface area contributed by atoms with Crippen molar-refractivity contribution in [2.75, 3.05) is 11.9 Å². The number of nitro groups is 1. The predicted octanol–water partition coefficient (Wildman–Crippen LogP) is 4.50. The normalized spacial score (nSPS) is 12.5. The number of aryl methyl sites for hydroxylation is 1. The first-order chi connectivity index (χ1) is 15.0. The maximum Gasteiger partial charge on any atom is 0.292 e. The molecule has 0 bridgehead atoms. The fraction of sp³-hybridized carbons (Fsp3) is 0.200. The van der Waals surface area contributed by atoms with Crippen molar-refractivity contribution in [2.45, 2.75) is 18.8 Å². The lowest BCUT2D eigenvalue weighted by Gasteiger charge is -2.23. The van der Waals surface area contributed by atoms with E-state index in [2.05, 4.69) is 5.32 Å². The zero-order valence-corrected chi connectivity index (χ0v) is 17.0. The number of ketones is 1. The summed E-state index contributed by atoms with van der Waals surface area (Å²) in [5.74, 6) is -2.96. The van der Waals surface area contributed by atoms with E-state index < -0.39 is 35.0 Å². The summed E-state index contributed by atoms with van der Waals surface area (Å²) in [7, 11) is 0. The summed E-state index contributed by atoms with van der Waals surface area (Å²) in [6, 6.07) is 27.1. The Morgan fingerprint density at radius 2 is 1.39 bits per heavy atom. The van der Waals surface area contributed by atoms with E-state index in [4.69, 9.17) is 0 Å². The number of hydrogen-bond acceptors (Lipinski definition) is 4. The summed E-state index contributed by atoms with van der Waals surface area (Å²) in [6.45, 7) is -0.392. The fourth-order valence-electron chi connectivity index (χ4n) is 3.70. The third-order valence-electron chi connectivity index (χ3n) is 5.20. The average molecular weight is 416 g/mol. The summed E-state index contributed by atoms with van der Waals surface area (Å²) in [5, 5.41) is 14.0. The van der Waals surface area contributed by atoms with E-state index in [1.54, 1.807) is 54.6 Å². The maximum atomic E-state index is 13.2. The van der Waals surface area contributed by atoms with Crippen LogP contribution in [-0.4, -0.2) is 23.2 Å². The topological polar surface area (TPSA) is 89.3 Å². The molecule has 0 aliphatic rings. The van der Waals surface area contributed by atoms with Crippen LogP contribution in [0.2, 0.25) is 0 Å². The number of hydrogen-bond donors (Lipinski definition) is 1. The highest BCUT2D eigenvalue weighted by atomic mass is 16.6. The number of para-hydroxylation sites is 1. The smallest absolute Gasteiger partial charge is 0.292 e. The molecule has 3 aromatic rings. The van der Waals surface area contributed by atoms with Crippen molar-refractivity contribution in [3.63, 3.8) is 0 Å². The zero-order chi connectivity index (χ0) is 22.1. The zero-order valence-electron chi connectivity index (χ0n) is 17.0. The van der Waals surface area contributed by atoms with Crippen LogP contribution in [0.4, 0.5) is 5.69 Å². The lowest BCUT2D eigenvalue weighted by Crippen LogP contribution is -2.35. The van der Waals surface area contributed by atoms with Gasteiger partial charge in [0.15, 0.2) is 0 Å². The van der Waals surface area contributed by atoms with E-state index >= 15 is 0 Å². The van der Waals surface area contributed by atoms with Gasteiger partial charge in [0.1, 0.15) is 0 Å². The molecule has 0 saturated carbocycles. The second-order valence-corrected chi connectivity index (χ2v) is 7.37. The van der Waals surface area contributed by atoms with Gasteiger partial charge >= 0.3 is 0 Å². The van der Waals surface area contributed by atoms with Crippen LogP contribution >= 0.6 is 0 Å². The van der Waals surface area contributed by atoms with Crippen molar-refractivity contribution in [3.05, 3.63) is 112 Å². The highest BCUT2D eigenvalue weighted by molar-refractivity contribution is 6.42. The van der Waals surface area contributed by atoms with Crippen LogP contribution in [0.3, 0.4) is 0 Å². The third-order valence-corrected chi connectivity index (χ3v) is 5.20. The van der Waals surface area contributed by atoms with E-state index in [1.807, 2.05) is 36.4 Å². The molecule has 6 nitrogen and oxygen atoms in total. The first-order valence-corrected chi connectivity index (χ1v) is 10.2. The molecule has 1 amide bonds. The molecule has 0 fully saturated rings. The number of nitrogens with zero attached hydrogens (tertiary/aromatic N) is 1. The number of carbonyl (C=O) groups is 2. The third kappa shape index (κ3) is 6.34. The fourth-order valence-corrected chi connectivity index (χ4v) is 3.70. The van der Waals surface area contributed by atoms with Gasteiger partial charge in [0.25, 0.3) is 5.91 Å². The second kappa shape index (κ2) is 10.8. The molecule has 0 heterocycles. The molecule has 2 atom stereocenters. The van der Waals surface area contributed by atoms with E-state index in [1.165, 1.54) is 0 Å². The largest absolute Gasteiger partial charge is 0.319 e. The standard InChI is InChI=1S/C25H24N2O4/c28-24(25(29)26-22-14-8-3-9-15-22)23(20-12-6-2-7-13-20)21(18-27(30)31)17-16-19-10-4-1-5-11-19/h1-15,21,23H,16-18H2,(H,26,29)/t21-,23+/m1/s1. The first-order valence-electron chi connectivity index (χ1n) is 10.2. The Hall–Kier alpha value is -3.80. The SMILES string of the molecule is O=C(Nc1ccccc1)C(=O)[C@@H](c1ccccc1)[C@H](CCc1ccccc1)C[N+](=O)[O-]. The molecule has 0 aromatic heterocycles. The van der Waals surface area contributed by atoms with Gasteiger partial charge in [0.05, 0.1) is 5.92 Å². The molecule has 0 saturated heterocycles.